The van der Waals surface area contributed by atoms with E-state index in [0.717, 1.165) is 58.8 Å². The lowest BCUT2D eigenvalue weighted by Crippen LogP contribution is -2.62. The van der Waals surface area contributed by atoms with Gasteiger partial charge in [0.25, 0.3) is 0 Å². The number of unbranched alkanes of at least 4 members (excludes halogenated alkanes) is 5. The van der Waals surface area contributed by atoms with E-state index >= 15 is 0 Å². The largest absolute Gasteiger partial charge is 0.374 e. The van der Waals surface area contributed by atoms with Crippen molar-refractivity contribution in [2.45, 2.75) is 187 Å². The van der Waals surface area contributed by atoms with Crippen LogP contribution in [0.3, 0.4) is 0 Å². The Morgan fingerprint density at radius 1 is 0.522 bits per heavy atom. The third kappa shape index (κ3) is 11.8. The molecule has 5 fully saturated rings. The van der Waals surface area contributed by atoms with Gasteiger partial charge in [0.15, 0.2) is 6.29 Å². The SMILES string of the molecule is CCCCCCCC[C@H]1CCC2C3CCC4CC(O[C@@H]5OC(COCc6ccccc6)[C@H](OCc6ccccc6)[C@H](OCc6ccccc6)C5OCc5ccccc5)CC[C@]4(C)C3CC[C@@]21C. The molecule has 5 aliphatic rings. The van der Waals surface area contributed by atoms with Crippen LogP contribution in [0.15, 0.2) is 121 Å². The van der Waals surface area contributed by atoms with E-state index in [1.807, 2.05) is 18.2 Å². The van der Waals surface area contributed by atoms with Gasteiger partial charge in [-0.05, 0) is 127 Å². The Balaban J connectivity index is 0.932. The molecule has 9 rings (SSSR count). The van der Waals surface area contributed by atoms with Crippen LogP contribution in [-0.2, 0) is 54.8 Å². The number of hydrogen-bond donors (Lipinski definition) is 0. The van der Waals surface area contributed by atoms with Crippen LogP contribution in [0.25, 0.3) is 0 Å². The highest BCUT2D eigenvalue weighted by molar-refractivity contribution is 5.17. The average Bonchev–Trinajstić information content (AvgIpc) is 3.70. The van der Waals surface area contributed by atoms with Crippen LogP contribution in [0.5, 0.6) is 0 Å². The second kappa shape index (κ2) is 23.5. The van der Waals surface area contributed by atoms with Crippen molar-refractivity contribution in [2.24, 2.45) is 40.4 Å². The highest BCUT2D eigenvalue weighted by Crippen LogP contribution is 2.68. The molecule has 1 aliphatic heterocycles. The number of benzene rings is 4. The molecule has 0 amide bonds. The summed E-state index contributed by atoms with van der Waals surface area (Å²) in [5.41, 5.74) is 5.33. The molecule has 67 heavy (non-hydrogen) atoms. The second-order valence-electron chi connectivity index (χ2n) is 21.9. The van der Waals surface area contributed by atoms with E-state index < -0.39 is 30.7 Å². The predicted molar refractivity (Wildman–Crippen MR) is 268 cm³/mol. The molecular formula is C61H82O6. The van der Waals surface area contributed by atoms with Crippen molar-refractivity contribution in [3.63, 3.8) is 0 Å². The van der Waals surface area contributed by atoms with E-state index in [-0.39, 0.29) is 6.10 Å². The molecule has 1 saturated heterocycles. The van der Waals surface area contributed by atoms with Gasteiger partial charge < -0.3 is 28.4 Å². The van der Waals surface area contributed by atoms with Crippen molar-refractivity contribution < 1.29 is 28.4 Å². The van der Waals surface area contributed by atoms with Gasteiger partial charge in [0.2, 0.25) is 0 Å². The summed E-state index contributed by atoms with van der Waals surface area (Å²) >= 11 is 0. The highest BCUT2D eigenvalue weighted by Gasteiger charge is 2.60. The van der Waals surface area contributed by atoms with Gasteiger partial charge in [-0.15, -0.1) is 0 Å². The minimum Gasteiger partial charge on any atom is -0.374 e. The summed E-state index contributed by atoms with van der Waals surface area (Å²) in [6, 6.07) is 41.6. The van der Waals surface area contributed by atoms with Crippen molar-refractivity contribution >= 4 is 0 Å². The third-order valence-electron chi connectivity index (χ3n) is 17.9. The summed E-state index contributed by atoms with van der Waals surface area (Å²) < 4.78 is 42.2. The Labute approximate surface area is 404 Å². The first kappa shape index (κ1) is 48.7. The van der Waals surface area contributed by atoms with Crippen molar-refractivity contribution in [2.75, 3.05) is 6.61 Å². The maximum atomic E-state index is 7.38. The smallest absolute Gasteiger partial charge is 0.187 e. The minimum absolute atomic E-state index is 0.0759. The van der Waals surface area contributed by atoms with E-state index in [4.69, 9.17) is 28.4 Å². The molecule has 7 unspecified atom stereocenters. The van der Waals surface area contributed by atoms with Crippen LogP contribution in [0.1, 0.15) is 146 Å². The summed E-state index contributed by atoms with van der Waals surface area (Å²) in [7, 11) is 0. The summed E-state index contributed by atoms with van der Waals surface area (Å²) in [5, 5.41) is 0. The van der Waals surface area contributed by atoms with Gasteiger partial charge in [0.1, 0.15) is 24.4 Å². The van der Waals surface area contributed by atoms with Gasteiger partial charge in [-0.3, -0.25) is 0 Å². The van der Waals surface area contributed by atoms with Gasteiger partial charge in [0, 0.05) is 0 Å². The predicted octanol–water partition coefficient (Wildman–Crippen LogP) is 14.5. The van der Waals surface area contributed by atoms with Gasteiger partial charge >= 0.3 is 0 Å². The molecule has 362 valence electrons. The Kier molecular flexibility index (Phi) is 17.1. The Hall–Kier alpha value is -3.36. The molecule has 4 saturated carbocycles. The summed E-state index contributed by atoms with van der Waals surface area (Å²) in [6.45, 7) is 9.80. The fourth-order valence-corrected chi connectivity index (χ4v) is 14.1. The van der Waals surface area contributed by atoms with Gasteiger partial charge in [-0.2, -0.15) is 0 Å². The van der Waals surface area contributed by atoms with Crippen LogP contribution in [0.2, 0.25) is 0 Å². The van der Waals surface area contributed by atoms with Crippen LogP contribution >= 0.6 is 0 Å². The molecule has 0 aromatic heterocycles. The zero-order valence-corrected chi connectivity index (χ0v) is 41.2. The van der Waals surface area contributed by atoms with Crippen LogP contribution < -0.4 is 0 Å². The monoisotopic (exact) mass is 911 g/mol. The third-order valence-corrected chi connectivity index (χ3v) is 17.9. The molecule has 0 radical (unpaired) electrons. The van der Waals surface area contributed by atoms with E-state index in [9.17, 15) is 0 Å². The van der Waals surface area contributed by atoms with Crippen molar-refractivity contribution in [1.29, 1.82) is 0 Å². The Morgan fingerprint density at radius 3 is 1.69 bits per heavy atom. The number of rotatable bonds is 22. The summed E-state index contributed by atoms with van der Waals surface area (Å²) in [6.07, 6.45) is 19.2. The lowest BCUT2D eigenvalue weighted by molar-refractivity contribution is -0.340. The fraction of sp³-hybridized carbons (Fsp3) is 0.607. The first-order valence-electron chi connectivity index (χ1n) is 26.8. The molecule has 4 aliphatic carbocycles. The number of hydrogen-bond acceptors (Lipinski definition) is 6. The van der Waals surface area contributed by atoms with Gasteiger partial charge in [0.05, 0.1) is 39.1 Å². The van der Waals surface area contributed by atoms with Crippen LogP contribution in [0.4, 0.5) is 0 Å². The van der Waals surface area contributed by atoms with Gasteiger partial charge in [-0.1, -0.05) is 181 Å². The van der Waals surface area contributed by atoms with Crippen LogP contribution in [-0.4, -0.2) is 43.4 Å². The van der Waals surface area contributed by atoms with Crippen molar-refractivity contribution in [1.82, 2.24) is 0 Å². The molecule has 6 heteroatoms. The fourth-order valence-electron chi connectivity index (χ4n) is 14.1. The van der Waals surface area contributed by atoms with Crippen LogP contribution in [0, 0.1) is 40.4 Å². The van der Waals surface area contributed by atoms with E-state index in [2.05, 4.69) is 124 Å². The molecular weight excluding hydrogens is 829 g/mol. The Morgan fingerprint density at radius 2 is 1.06 bits per heavy atom. The van der Waals surface area contributed by atoms with E-state index in [1.165, 1.54) is 89.9 Å². The molecule has 0 N–H and O–H groups in total. The minimum atomic E-state index is -0.658. The zero-order chi connectivity index (χ0) is 45.9. The molecule has 0 bridgehead atoms. The highest BCUT2D eigenvalue weighted by atomic mass is 16.7. The molecule has 13 atom stereocenters. The van der Waals surface area contributed by atoms with E-state index in [1.54, 1.807) is 0 Å². The quantitative estimate of drug-likeness (QED) is 0.0578. The zero-order valence-electron chi connectivity index (χ0n) is 41.2. The lowest BCUT2D eigenvalue weighted by Gasteiger charge is -2.61. The summed E-state index contributed by atoms with van der Waals surface area (Å²) in [4.78, 5) is 0. The Bertz CT molecular complexity index is 2030. The molecule has 0 spiro atoms. The lowest BCUT2D eigenvalue weighted by atomic mass is 9.44. The standard InChI is InChI=1S/C61H82O6/c1-4-5-6-7-8-21-30-49-32-34-53-52-33-31-50-39-51(35-37-61(50,3)54(52)36-38-60(49,53)2)66-59-58(65-43-48-28-19-12-20-29-48)57(64-42-47-26-17-11-18-27-47)56(63-41-46-24-15-10-16-25-46)55(67-59)44-62-40-45-22-13-9-14-23-45/h9-20,22-29,49-59H,4-8,21,30-44H2,1-3H3/t49-,50?,51?,52?,53?,54?,55?,56-,57-,58?,59+,60+,61-/m0/s1. The normalized spacial score (nSPS) is 33.7. The number of fused-ring (bicyclic) bond motifs is 5. The van der Waals surface area contributed by atoms with E-state index in [0.29, 0.717) is 49.8 Å². The maximum Gasteiger partial charge on any atom is 0.187 e. The first-order valence-corrected chi connectivity index (χ1v) is 26.8. The molecule has 4 aromatic carbocycles. The summed E-state index contributed by atoms with van der Waals surface area (Å²) in [5.74, 6) is 4.21. The second-order valence-corrected chi connectivity index (χ2v) is 21.9. The first-order chi connectivity index (χ1) is 32.9. The molecule has 1 heterocycles. The topological polar surface area (TPSA) is 55.4 Å². The maximum absolute atomic E-state index is 7.38. The molecule has 6 nitrogen and oxygen atoms in total. The average molecular weight is 911 g/mol. The molecule has 4 aromatic rings. The number of ether oxygens (including phenoxy) is 6. The van der Waals surface area contributed by atoms with Crippen molar-refractivity contribution in [3.8, 4) is 0 Å². The van der Waals surface area contributed by atoms with Crippen molar-refractivity contribution in [3.05, 3.63) is 144 Å². The van der Waals surface area contributed by atoms with Gasteiger partial charge in [-0.25, -0.2) is 0 Å².